The van der Waals surface area contributed by atoms with E-state index in [4.69, 9.17) is 0 Å². The fraction of sp³-hybridized carbons (Fsp3) is 0.500. The smallest absolute Gasteiger partial charge is 0.240 e. The summed E-state index contributed by atoms with van der Waals surface area (Å²) in [6.07, 6.45) is 1.99. The Bertz CT molecular complexity index is 636. The van der Waals surface area contributed by atoms with E-state index in [2.05, 4.69) is 20.9 Å². The third kappa shape index (κ3) is 5.29. The van der Waals surface area contributed by atoms with Gasteiger partial charge < -0.3 is 20.9 Å². The summed E-state index contributed by atoms with van der Waals surface area (Å²) in [6.45, 7) is 2.89. The number of hydrogen-bond donors (Lipinski definition) is 3. The summed E-state index contributed by atoms with van der Waals surface area (Å²) in [7, 11) is 3.96. The molecule has 7 nitrogen and oxygen atoms in total. The number of hydrogen-bond acceptors (Lipinski definition) is 4. The second-order valence-corrected chi connectivity index (χ2v) is 6.71. The third-order valence-electron chi connectivity index (χ3n) is 4.15. The molecule has 136 valence electrons. The van der Waals surface area contributed by atoms with E-state index in [-0.39, 0.29) is 17.7 Å². The van der Waals surface area contributed by atoms with Gasteiger partial charge in [0.25, 0.3) is 0 Å². The quantitative estimate of drug-likeness (QED) is 0.491. The molecule has 1 aliphatic rings. The van der Waals surface area contributed by atoms with Crippen LogP contribution in [0.25, 0.3) is 0 Å². The number of amides is 3. The second kappa shape index (κ2) is 8.11. The SMILES string of the molecule is CC(=O)Nc1ccc(NC(=O)C2(C(=O)NCCCN(C)C)CC2)cc1. The number of nitrogens with zero attached hydrogens (tertiary/aromatic N) is 1. The van der Waals surface area contributed by atoms with E-state index in [1.54, 1.807) is 24.3 Å². The van der Waals surface area contributed by atoms with Crippen molar-refractivity contribution in [3.8, 4) is 0 Å². The lowest BCUT2D eigenvalue weighted by atomic mass is 10.0. The Balaban J connectivity index is 1.86. The zero-order valence-corrected chi connectivity index (χ0v) is 15.0. The molecule has 0 heterocycles. The van der Waals surface area contributed by atoms with Crippen molar-refractivity contribution >= 4 is 29.1 Å². The minimum atomic E-state index is -0.936. The molecule has 1 fully saturated rings. The Kier molecular flexibility index (Phi) is 6.14. The Hall–Kier alpha value is -2.41. The molecule has 0 bridgehead atoms. The van der Waals surface area contributed by atoms with Crippen LogP contribution in [-0.2, 0) is 14.4 Å². The predicted octanol–water partition coefficient (Wildman–Crippen LogP) is 1.43. The lowest BCUT2D eigenvalue weighted by molar-refractivity contribution is -0.134. The van der Waals surface area contributed by atoms with Gasteiger partial charge in [-0.3, -0.25) is 14.4 Å². The molecule has 3 amide bonds. The molecule has 0 unspecified atom stereocenters. The summed E-state index contributed by atoms with van der Waals surface area (Å²) >= 11 is 0. The van der Waals surface area contributed by atoms with Gasteiger partial charge in [0.05, 0.1) is 0 Å². The first kappa shape index (κ1) is 18.9. The van der Waals surface area contributed by atoms with E-state index in [0.717, 1.165) is 13.0 Å². The van der Waals surface area contributed by atoms with Gasteiger partial charge in [-0.15, -0.1) is 0 Å². The second-order valence-electron chi connectivity index (χ2n) is 6.71. The largest absolute Gasteiger partial charge is 0.355 e. The van der Waals surface area contributed by atoms with Crippen molar-refractivity contribution in [2.45, 2.75) is 26.2 Å². The zero-order valence-electron chi connectivity index (χ0n) is 15.0. The highest BCUT2D eigenvalue weighted by Gasteiger charge is 2.56. The van der Waals surface area contributed by atoms with Crippen LogP contribution >= 0.6 is 0 Å². The first-order chi connectivity index (χ1) is 11.8. The van der Waals surface area contributed by atoms with E-state index < -0.39 is 5.41 Å². The summed E-state index contributed by atoms with van der Waals surface area (Å²) in [5.74, 6) is -0.622. The number of nitrogens with one attached hydrogen (secondary N) is 3. The van der Waals surface area contributed by atoms with Gasteiger partial charge in [0, 0.05) is 24.8 Å². The highest BCUT2D eigenvalue weighted by molar-refractivity contribution is 6.13. The number of rotatable bonds is 8. The maximum atomic E-state index is 12.5. The molecule has 7 heteroatoms. The molecule has 1 saturated carbocycles. The van der Waals surface area contributed by atoms with E-state index >= 15 is 0 Å². The zero-order chi connectivity index (χ0) is 18.4. The van der Waals surface area contributed by atoms with Gasteiger partial charge >= 0.3 is 0 Å². The average molecular weight is 346 g/mol. The molecule has 1 aliphatic carbocycles. The Labute approximate surface area is 148 Å². The summed E-state index contributed by atoms with van der Waals surface area (Å²) in [4.78, 5) is 37.9. The number of benzene rings is 1. The van der Waals surface area contributed by atoms with Crippen molar-refractivity contribution in [2.75, 3.05) is 37.8 Å². The summed E-state index contributed by atoms with van der Waals surface area (Å²) in [5.41, 5.74) is 0.324. The van der Waals surface area contributed by atoms with Crippen molar-refractivity contribution in [3.63, 3.8) is 0 Å². The maximum absolute atomic E-state index is 12.5. The van der Waals surface area contributed by atoms with E-state index in [9.17, 15) is 14.4 Å². The fourth-order valence-electron chi connectivity index (χ4n) is 2.54. The molecule has 0 spiro atoms. The minimum absolute atomic E-state index is 0.153. The molecule has 1 aromatic rings. The molecule has 0 saturated heterocycles. The lowest BCUT2D eigenvalue weighted by Gasteiger charge is -2.16. The predicted molar refractivity (Wildman–Crippen MR) is 97.2 cm³/mol. The molecule has 1 aromatic carbocycles. The van der Waals surface area contributed by atoms with Crippen LogP contribution in [0.4, 0.5) is 11.4 Å². The van der Waals surface area contributed by atoms with E-state index in [1.165, 1.54) is 6.92 Å². The van der Waals surface area contributed by atoms with Crippen molar-refractivity contribution in [1.82, 2.24) is 10.2 Å². The van der Waals surface area contributed by atoms with Gasteiger partial charge in [0.15, 0.2) is 0 Å². The molecule has 0 aliphatic heterocycles. The summed E-state index contributed by atoms with van der Waals surface area (Å²) < 4.78 is 0. The van der Waals surface area contributed by atoms with Gasteiger partial charge in [0.2, 0.25) is 17.7 Å². The standard InChI is InChI=1S/C18H26N4O3/c1-13(23)20-14-5-7-15(8-6-14)21-17(25)18(9-10-18)16(24)19-11-4-12-22(2)3/h5-8H,4,9-12H2,1-3H3,(H,19,24)(H,20,23)(H,21,25). The number of carbonyl (C=O) groups excluding carboxylic acids is 3. The molecule has 25 heavy (non-hydrogen) atoms. The fourth-order valence-corrected chi connectivity index (χ4v) is 2.54. The van der Waals surface area contributed by atoms with Gasteiger partial charge in [-0.25, -0.2) is 0 Å². The Morgan fingerprint density at radius 2 is 1.56 bits per heavy atom. The van der Waals surface area contributed by atoms with Crippen LogP contribution in [0.3, 0.4) is 0 Å². The van der Waals surface area contributed by atoms with Crippen molar-refractivity contribution < 1.29 is 14.4 Å². The first-order valence-electron chi connectivity index (χ1n) is 8.46. The lowest BCUT2D eigenvalue weighted by Crippen LogP contribution is -2.40. The topological polar surface area (TPSA) is 90.5 Å². The third-order valence-corrected chi connectivity index (χ3v) is 4.15. The first-order valence-corrected chi connectivity index (χ1v) is 8.46. The van der Waals surface area contributed by atoms with Crippen LogP contribution in [0.15, 0.2) is 24.3 Å². The Morgan fingerprint density at radius 3 is 2.04 bits per heavy atom. The van der Waals surface area contributed by atoms with E-state index in [1.807, 2.05) is 14.1 Å². The van der Waals surface area contributed by atoms with Crippen molar-refractivity contribution in [1.29, 1.82) is 0 Å². The molecule has 0 atom stereocenters. The van der Waals surface area contributed by atoms with Gasteiger partial charge in [0.1, 0.15) is 5.41 Å². The maximum Gasteiger partial charge on any atom is 0.240 e. The monoisotopic (exact) mass is 346 g/mol. The molecular formula is C18H26N4O3. The highest BCUT2D eigenvalue weighted by Crippen LogP contribution is 2.46. The highest BCUT2D eigenvalue weighted by atomic mass is 16.2. The molecule has 2 rings (SSSR count). The molecule has 0 radical (unpaired) electrons. The van der Waals surface area contributed by atoms with E-state index in [0.29, 0.717) is 30.8 Å². The van der Waals surface area contributed by atoms with Gasteiger partial charge in [-0.05, 0) is 64.2 Å². The van der Waals surface area contributed by atoms with Crippen LogP contribution in [0.5, 0.6) is 0 Å². The van der Waals surface area contributed by atoms with Crippen LogP contribution in [0, 0.1) is 5.41 Å². The van der Waals surface area contributed by atoms with Crippen LogP contribution in [-0.4, -0.2) is 49.8 Å². The normalized spacial score (nSPS) is 14.7. The van der Waals surface area contributed by atoms with Crippen LogP contribution < -0.4 is 16.0 Å². The molecule has 3 N–H and O–H groups in total. The summed E-state index contributed by atoms with van der Waals surface area (Å²) in [5, 5.41) is 8.32. The Morgan fingerprint density at radius 1 is 1.00 bits per heavy atom. The van der Waals surface area contributed by atoms with Gasteiger partial charge in [-0.1, -0.05) is 0 Å². The van der Waals surface area contributed by atoms with Crippen molar-refractivity contribution in [2.24, 2.45) is 5.41 Å². The average Bonchev–Trinajstić information content (AvgIpc) is 3.34. The molecular weight excluding hydrogens is 320 g/mol. The van der Waals surface area contributed by atoms with Gasteiger partial charge in [-0.2, -0.15) is 0 Å². The molecule has 0 aromatic heterocycles. The van der Waals surface area contributed by atoms with Crippen LogP contribution in [0.1, 0.15) is 26.2 Å². The van der Waals surface area contributed by atoms with Crippen molar-refractivity contribution in [3.05, 3.63) is 24.3 Å². The number of carbonyl (C=O) groups is 3. The number of anilines is 2. The summed E-state index contributed by atoms with van der Waals surface area (Å²) in [6, 6.07) is 6.82. The minimum Gasteiger partial charge on any atom is -0.355 e. The van der Waals surface area contributed by atoms with Crippen LogP contribution in [0.2, 0.25) is 0 Å².